The van der Waals surface area contributed by atoms with Gasteiger partial charge in [0, 0.05) is 11.6 Å². The van der Waals surface area contributed by atoms with Crippen LogP contribution in [-0.2, 0) is 0 Å². The fourth-order valence-electron chi connectivity index (χ4n) is 1.34. The summed E-state index contributed by atoms with van der Waals surface area (Å²) in [5.41, 5.74) is 7.13. The predicted octanol–water partition coefficient (Wildman–Crippen LogP) is 2.39. The number of ether oxygens (including phenoxy) is 1. The van der Waals surface area contributed by atoms with E-state index in [1.54, 1.807) is 13.2 Å². The monoisotopic (exact) mass is 235 g/mol. The lowest BCUT2D eigenvalue weighted by molar-refractivity contribution is 0.415. The van der Waals surface area contributed by atoms with Crippen LogP contribution in [0.1, 0.15) is 0 Å². The number of anilines is 1. The summed E-state index contributed by atoms with van der Waals surface area (Å²) in [6.07, 6.45) is 0. The molecule has 1 heterocycles. The van der Waals surface area contributed by atoms with Crippen LogP contribution in [0.25, 0.3) is 11.3 Å². The lowest BCUT2D eigenvalue weighted by Crippen LogP contribution is -1.96. The van der Waals surface area contributed by atoms with Gasteiger partial charge in [-0.1, -0.05) is 11.6 Å². The SMILES string of the molecule is COc1ccc(-c2cc(Cl)nc(N)n2)cc1. The highest BCUT2D eigenvalue weighted by Gasteiger charge is 2.03. The molecule has 5 heteroatoms. The number of halogens is 1. The van der Waals surface area contributed by atoms with Crippen molar-refractivity contribution >= 4 is 17.5 Å². The van der Waals surface area contributed by atoms with Crippen molar-refractivity contribution in [1.82, 2.24) is 9.97 Å². The topological polar surface area (TPSA) is 61.0 Å². The first-order valence-electron chi connectivity index (χ1n) is 4.63. The molecule has 2 aromatic rings. The van der Waals surface area contributed by atoms with Crippen LogP contribution in [0.4, 0.5) is 5.95 Å². The zero-order valence-corrected chi connectivity index (χ0v) is 9.40. The van der Waals surface area contributed by atoms with Crippen LogP contribution in [0.15, 0.2) is 30.3 Å². The van der Waals surface area contributed by atoms with Gasteiger partial charge in [-0.05, 0) is 24.3 Å². The Morgan fingerprint density at radius 1 is 1.19 bits per heavy atom. The number of benzene rings is 1. The van der Waals surface area contributed by atoms with Gasteiger partial charge >= 0.3 is 0 Å². The number of methoxy groups -OCH3 is 1. The van der Waals surface area contributed by atoms with Gasteiger partial charge in [0.05, 0.1) is 12.8 Å². The molecule has 0 amide bonds. The molecule has 0 aliphatic heterocycles. The van der Waals surface area contributed by atoms with E-state index in [-0.39, 0.29) is 5.95 Å². The molecule has 0 aliphatic rings. The molecule has 0 fully saturated rings. The third-order valence-electron chi connectivity index (χ3n) is 2.10. The molecule has 2 N–H and O–H groups in total. The van der Waals surface area contributed by atoms with Crippen LogP contribution in [-0.4, -0.2) is 17.1 Å². The molecule has 0 saturated heterocycles. The van der Waals surface area contributed by atoms with E-state index < -0.39 is 0 Å². The van der Waals surface area contributed by atoms with Gasteiger partial charge in [0.15, 0.2) is 0 Å². The Labute approximate surface area is 98.0 Å². The first-order chi connectivity index (χ1) is 7.69. The van der Waals surface area contributed by atoms with Gasteiger partial charge in [-0.3, -0.25) is 0 Å². The van der Waals surface area contributed by atoms with Crippen LogP contribution in [0.2, 0.25) is 5.15 Å². The number of nitrogens with two attached hydrogens (primary N) is 1. The molecule has 0 unspecified atom stereocenters. The number of aromatic nitrogens is 2. The average Bonchev–Trinajstić information content (AvgIpc) is 2.28. The minimum Gasteiger partial charge on any atom is -0.497 e. The third kappa shape index (κ3) is 2.23. The summed E-state index contributed by atoms with van der Waals surface area (Å²) in [7, 11) is 1.62. The van der Waals surface area contributed by atoms with E-state index in [0.29, 0.717) is 10.8 Å². The quantitative estimate of drug-likeness (QED) is 0.812. The number of nitrogen functional groups attached to an aromatic ring is 1. The second-order valence-electron chi connectivity index (χ2n) is 3.16. The molecule has 2 rings (SSSR count). The van der Waals surface area contributed by atoms with Crippen LogP contribution in [0.5, 0.6) is 5.75 Å². The summed E-state index contributed by atoms with van der Waals surface area (Å²) < 4.78 is 5.07. The minimum atomic E-state index is 0.165. The van der Waals surface area contributed by atoms with Crippen molar-refractivity contribution in [3.05, 3.63) is 35.5 Å². The van der Waals surface area contributed by atoms with Crippen molar-refractivity contribution in [2.24, 2.45) is 0 Å². The number of rotatable bonds is 2. The van der Waals surface area contributed by atoms with E-state index in [2.05, 4.69) is 9.97 Å². The van der Waals surface area contributed by atoms with Gasteiger partial charge < -0.3 is 10.5 Å². The summed E-state index contributed by atoms with van der Waals surface area (Å²) in [6.45, 7) is 0. The molecule has 0 bridgehead atoms. The standard InChI is InChI=1S/C11H10ClN3O/c1-16-8-4-2-7(3-5-8)9-6-10(12)15-11(13)14-9/h2-6H,1H3,(H2,13,14,15). The minimum absolute atomic E-state index is 0.165. The number of hydrogen-bond acceptors (Lipinski definition) is 4. The molecular formula is C11H10ClN3O. The van der Waals surface area contributed by atoms with Gasteiger partial charge in [0.25, 0.3) is 0 Å². The maximum atomic E-state index is 5.80. The van der Waals surface area contributed by atoms with Crippen LogP contribution in [0.3, 0.4) is 0 Å². The van der Waals surface area contributed by atoms with Crippen molar-refractivity contribution < 1.29 is 4.74 Å². The molecule has 1 aromatic heterocycles. The van der Waals surface area contributed by atoms with Gasteiger partial charge in [-0.15, -0.1) is 0 Å². The highest BCUT2D eigenvalue weighted by Crippen LogP contribution is 2.22. The van der Waals surface area contributed by atoms with E-state index in [1.807, 2.05) is 24.3 Å². The molecule has 0 aliphatic carbocycles. The van der Waals surface area contributed by atoms with Crippen LogP contribution in [0, 0.1) is 0 Å². The number of hydrogen-bond donors (Lipinski definition) is 1. The Kier molecular flexibility index (Phi) is 2.92. The summed E-state index contributed by atoms with van der Waals surface area (Å²) in [4.78, 5) is 7.90. The fourth-order valence-corrected chi connectivity index (χ4v) is 1.53. The Hall–Kier alpha value is -1.81. The Morgan fingerprint density at radius 2 is 1.88 bits per heavy atom. The van der Waals surface area contributed by atoms with E-state index in [4.69, 9.17) is 22.1 Å². The molecule has 0 spiro atoms. The number of nitrogens with zero attached hydrogens (tertiary/aromatic N) is 2. The normalized spacial score (nSPS) is 10.1. The molecule has 4 nitrogen and oxygen atoms in total. The third-order valence-corrected chi connectivity index (χ3v) is 2.29. The predicted molar refractivity (Wildman–Crippen MR) is 63.4 cm³/mol. The molecular weight excluding hydrogens is 226 g/mol. The van der Waals surface area contributed by atoms with E-state index >= 15 is 0 Å². The first kappa shape index (κ1) is 10.7. The van der Waals surface area contributed by atoms with Crippen molar-refractivity contribution in [3.8, 4) is 17.0 Å². The second kappa shape index (κ2) is 4.37. The van der Waals surface area contributed by atoms with E-state index in [9.17, 15) is 0 Å². The maximum absolute atomic E-state index is 5.80. The van der Waals surface area contributed by atoms with Gasteiger partial charge in [0.1, 0.15) is 10.9 Å². The Morgan fingerprint density at radius 3 is 2.44 bits per heavy atom. The van der Waals surface area contributed by atoms with Crippen LogP contribution < -0.4 is 10.5 Å². The largest absolute Gasteiger partial charge is 0.497 e. The van der Waals surface area contributed by atoms with E-state index in [0.717, 1.165) is 11.3 Å². The van der Waals surface area contributed by atoms with Crippen molar-refractivity contribution in [3.63, 3.8) is 0 Å². The molecule has 0 atom stereocenters. The lowest BCUT2D eigenvalue weighted by Gasteiger charge is -2.04. The second-order valence-corrected chi connectivity index (χ2v) is 3.55. The lowest BCUT2D eigenvalue weighted by atomic mass is 10.1. The molecule has 82 valence electrons. The van der Waals surface area contributed by atoms with Gasteiger partial charge in [-0.2, -0.15) is 0 Å². The van der Waals surface area contributed by atoms with Gasteiger partial charge in [-0.25, -0.2) is 9.97 Å². The fraction of sp³-hybridized carbons (Fsp3) is 0.0909. The summed E-state index contributed by atoms with van der Waals surface area (Å²) in [5.74, 6) is 0.954. The van der Waals surface area contributed by atoms with Crippen molar-refractivity contribution in [1.29, 1.82) is 0 Å². The Balaban J connectivity index is 2.42. The highest BCUT2D eigenvalue weighted by atomic mass is 35.5. The molecule has 0 radical (unpaired) electrons. The summed E-state index contributed by atoms with van der Waals surface area (Å²) in [6, 6.07) is 9.14. The highest BCUT2D eigenvalue weighted by molar-refractivity contribution is 6.29. The zero-order valence-electron chi connectivity index (χ0n) is 8.64. The van der Waals surface area contributed by atoms with Crippen molar-refractivity contribution in [2.45, 2.75) is 0 Å². The summed E-state index contributed by atoms with van der Waals surface area (Å²) >= 11 is 5.80. The maximum Gasteiger partial charge on any atom is 0.221 e. The summed E-state index contributed by atoms with van der Waals surface area (Å²) in [5, 5.41) is 0.332. The molecule has 1 aromatic carbocycles. The van der Waals surface area contributed by atoms with Gasteiger partial charge in [0.2, 0.25) is 5.95 Å². The molecule has 16 heavy (non-hydrogen) atoms. The van der Waals surface area contributed by atoms with E-state index in [1.165, 1.54) is 0 Å². The average molecular weight is 236 g/mol. The van der Waals surface area contributed by atoms with Crippen molar-refractivity contribution in [2.75, 3.05) is 12.8 Å². The first-order valence-corrected chi connectivity index (χ1v) is 5.01. The van der Waals surface area contributed by atoms with Crippen LogP contribution >= 0.6 is 11.6 Å². The smallest absolute Gasteiger partial charge is 0.221 e. The zero-order chi connectivity index (χ0) is 11.5. The Bertz CT molecular complexity index is 479. The molecule has 0 saturated carbocycles.